The van der Waals surface area contributed by atoms with E-state index in [0.717, 1.165) is 36.5 Å². The molecule has 0 aliphatic carbocycles. The van der Waals surface area contributed by atoms with E-state index in [2.05, 4.69) is 44.2 Å². The first-order valence-electron chi connectivity index (χ1n) is 9.49. The average Bonchev–Trinajstić information content (AvgIpc) is 2.89. The first kappa shape index (κ1) is 18.2. The number of hydrogen-bond donors (Lipinski definition) is 2. The summed E-state index contributed by atoms with van der Waals surface area (Å²) in [5.74, 6) is 2.27. The molecule has 4 rings (SSSR count). The maximum absolute atomic E-state index is 5.95. The average molecular weight is 376 g/mol. The fourth-order valence-corrected chi connectivity index (χ4v) is 3.35. The lowest BCUT2D eigenvalue weighted by Gasteiger charge is -2.18. The zero-order valence-electron chi connectivity index (χ0n) is 15.9. The molecule has 144 valence electrons. The topological polar surface area (TPSA) is 89.2 Å². The summed E-state index contributed by atoms with van der Waals surface area (Å²) in [6.45, 7) is 4.90. The van der Waals surface area contributed by atoms with Crippen LogP contribution in [0.5, 0.6) is 5.75 Å². The Morgan fingerprint density at radius 1 is 1.07 bits per heavy atom. The van der Waals surface area contributed by atoms with Crippen LogP contribution in [0, 0.1) is 0 Å². The molecule has 3 aromatic rings. The van der Waals surface area contributed by atoms with Crippen LogP contribution in [-0.4, -0.2) is 33.0 Å². The van der Waals surface area contributed by atoms with Crippen molar-refractivity contribution in [3.05, 3.63) is 65.5 Å². The van der Waals surface area contributed by atoms with Crippen LogP contribution in [0.25, 0.3) is 0 Å². The Bertz CT molecular complexity index is 961. The summed E-state index contributed by atoms with van der Waals surface area (Å²) in [7, 11) is 0. The molecule has 2 aromatic carbocycles. The Balaban J connectivity index is 1.53. The monoisotopic (exact) mass is 376 g/mol. The molecule has 0 amide bonds. The van der Waals surface area contributed by atoms with E-state index in [1.807, 2.05) is 36.4 Å². The van der Waals surface area contributed by atoms with Gasteiger partial charge >= 0.3 is 0 Å². The molecular formula is C21H24N6O. The van der Waals surface area contributed by atoms with Crippen molar-refractivity contribution in [3.8, 4) is 5.75 Å². The number of hydrogen-bond acceptors (Lipinski definition) is 7. The molecule has 0 unspecified atom stereocenters. The third kappa shape index (κ3) is 4.20. The Morgan fingerprint density at radius 2 is 1.89 bits per heavy atom. The molecule has 0 atom stereocenters. The Hall–Kier alpha value is -3.19. The van der Waals surface area contributed by atoms with Crippen molar-refractivity contribution in [1.29, 1.82) is 0 Å². The van der Waals surface area contributed by atoms with Crippen LogP contribution in [0.1, 0.15) is 23.9 Å². The minimum absolute atomic E-state index is 0.216. The summed E-state index contributed by atoms with van der Waals surface area (Å²) in [6.07, 6.45) is 0.920. The van der Waals surface area contributed by atoms with Crippen LogP contribution < -0.4 is 15.8 Å². The number of ether oxygens (including phenoxy) is 1. The largest absolute Gasteiger partial charge is 0.492 e. The summed E-state index contributed by atoms with van der Waals surface area (Å²) in [4.78, 5) is 15.4. The summed E-state index contributed by atoms with van der Waals surface area (Å²) in [6, 6.07) is 16.2. The van der Waals surface area contributed by atoms with Gasteiger partial charge in [0.2, 0.25) is 11.9 Å². The van der Waals surface area contributed by atoms with Gasteiger partial charge in [0.25, 0.3) is 0 Å². The van der Waals surface area contributed by atoms with Gasteiger partial charge in [-0.1, -0.05) is 43.3 Å². The number of aromatic nitrogens is 3. The predicted octanol–water partition coefficient (Wildman–Crippen LogP) is 3.15. The van der Waals surface area contributed by atoms with Gasteiger partial charge in [0.1, 0.15) is 18.2 Å². The molecule has 1 aromatic heterocycles. The van der Waals surface area contributed by atoms with Crippen molar-refractivity contribution in [2.45, 2.75) is 26.4 Å². The Morgan fingerprint density at radius 3 is 2.79 bits per heavy atom. The van der Waals surface area contributed by atoms with Gasteiger partial charge in [-0.3, -0.25) is 4.90 Å². The zero-order chi connectivity index (χ0) is 19.3. The summed E-state index contributed by atoms with van der Waals surface area (Å²) in [5.41, 5.74) is 9.30. The number of nitrogens with two attached hydrogens (primary N) is 1. The number of para-hydroxylation sites is 2. The molecule has 0 spiro atoms. The lowest BCUT2D eigenvalue weighted by atomic mass is 10.1. The van der Waals surface area contributed by atoms with Gasteiger partial charge in [0.15, 0.2) is 0 Å². The third-order valence-electron chi connectivity index (χ3n) is 4.74. The molecule has 0 saturated carbocycles. The summed E-state index contributed by atoms with van der Waals surface area (Å²) < 4.78 is 5.84. The molecule has 0 saturated heterocycles. The van der Waals surface area contributed by atoms with E-state index < -0.39 is 0 Å². The first-order chi connectivity index (χ1) is 13.7. The number of nitrogens with one attached hydrogen (secondary N) is 1. The lowest BCUT2D eigenvalue weighted by molar-refractivity contribution is 0.215. The molecule has 1 aliphatic heterocycles. The second-order valence-electron chi connectivity index (χ2n) is 6.74. The molecule has 0 bridgehead atoms. The molecule has 0 fully saturated rings. The number of rotatable bonds is 5. The van der Waals surface area contributed by atoms with Crippen molar-refractivity contribution >= 4 is 17.6 Å². The van der Waals surface area contributed by atoms with Crippen LogP contribution in [0.2, 0.25) is 0 Å². The number of nitrogen functional groups attached to an aromatic ring is 1. The predicted molar refractivity (Wildman–Crippen MR) is 109 cm³/mol. The molecule has 3 N–H and O–H groups in total. The normalized spacial score (nSPS) is 14.0. The third-order valence-corrected chi connectivity index (χ3v) is 4.74. The molecule has 0 radical (unpaired) electrons. The quantitative estimate of drug-likeness (QED) is 0.707. The van der Waals surface area contributed by atoms with E-state index in [4.69, 9.17) is 10.5 Å². The Kier molecular flexibility index (Phi) is 5.34. The van der Waals surface area contributed by atoms with Gasteiger partial charge in [-0.05, 0) is 24.1 Å². The Labute approximate surface area is 164 Å². The van der Waals surface area contributed by atoms with Crippen LogP contribution in [-0.2, 0) is 19.5 Å². The van der Waals surface area contributed by atoms with Gasteiger partial charge in [0.05, 0.1) is 6.54 Å². The van der Waals surface area contributed by atoms with Crippen molar-refractivity contribution in [2.75, 3.05) is 24.2 Å². The SMILES string of the molecule is CCc1ccccc1Nc1nc(N)nc(CN2CCOc3ccccc3C2)n1. The van der Waals surface area contributed by atoms with Gasteiger partial charge in [-0.25, -0.2) is 0 Å². The molecule has 7 nitrogen and oxygen atoms in total. The van der Waals surface area contributed by atoms with E-state index >= 15 is 0 Å². The highest BCUT2D eigenvalue weighted by molar-refractivity contribution is 5.58. The fourth-order valence-electron chi connectivity index (χ4n) is 3.35. The highest BCUT2D eigenvalue weighted by Crippen LogP contribution is 2.23. The smallest absolute Gasteiger partial charge is 0.232 e. The first-order valence-corrected chi connectivity index (χ1v) is 9.49. The van der Waals surface area contributed by atoms with Gasteiger partial charge < -0.3 is 15.8 Å². The minimum Gasteiger partial charge on any atom is -0.492 e. The van der Waals surface area contributed by atoms with Crippen LogP contribution in [0.15, 0.2) is 48.5 Å². The van der Waals surface area contributed by atoms with E-state index in [1.54, 1.807) is 0 Å². The van der Waals surface area contributed by atoms with E-state index in [9.17, 15) is 0 Å². The van der Waals surface area contributed by atoms with E-state index in [0.29, 0.717) is 24.9 Å². The van der Waals surface area contributed by atoms with Crippen molar-refractivity contribution < 1.29 is 4.74 Å². The molecule has 2 heterocycles. The van der Waals surface area contributed by atoms with Crippen molar-refractivity contribution in [3.63, 3.8) is 0 Å². The highest BCUT2D eigenvalue weighted by atomic mass is 16.5. The van der Waals surface area contributed by atoms with Crippen LogP contribution >= 0.6 is 0 Å². The second kappa shape index (κ2) is 8.22. The number of anilines is 3. The lowest BCUT2D eigenvalue weighted by Crippen LogP contribution is -2.26. The van der Waals surface area contributed by atoms with Crippen LogP contribution in [0.3, 0.4) is 0 Å². The number of benzene rings is 2. The van der Waals surface area contributed by atoms with Crippen molar-refractivity contribution in [2.24, 2.45) is 0 Å². The second-order valence-corrected chi connectivity index (χ2v) is 6.74. The van der Waals surface area contributed by atoms with E-state index in [-0.39, 0.29) is 5.95 Å². The summed E-state index contributed by atoms with van der Waals surface area (Å²) in [5, 5.41) is 3.28. The number of fused-ring (bicyclic) bond motifs is 1. The van der Waals surface area contributed by atoms with Crippen LogP contribution in [0.4, 0.5) is 17.6 Å². The van der Waals surface area contributed by atoms with Crippen molar-refractivity contribution in [1.82, 2.24) is 19.9 Å². The molecule has 7 heteroatoms. The number of nitrogens with zero attached hydrogens (tertiary/aromatic N) is 4. The maximum Gasteiger partial charge on any atom is 0.232 e. The van der Waals surface area contributed by atoms with Gasteiger partial charge in [-0.2, -0.15) is 15.0 Å². The standard InChI is InChI=1S/C21H24N6O/c1-2-15-7-3-5-9-17(15)23-21-25-19(24-20(22)26-21)14-27-11-12-28-18-10-6-4-8-16(18)13-27/h3-10H,2,11-14H2,1H3,(H3,22,23,24,25,26). The minimum atomic E-state index is 0.216. The fraction of sp³-hybridized carbons (Fsp3) is 0.286. The summed E-state index contributed by atoms with van der Waals surface area (Å²) >= 11 is 0. The van der Waals surface area contributed by atoms with Gasteiger partial charge in [0, 0.05) is 24.3 Å². The molecule has 1 aliphatic rings. The van der Waals surface area contributed by atoms with Gasteiger partial charge in [-0.15, -0.1) is 0 Å². The molecular weight excluding hydrogens is 352 g/mol. The zero-order valence-corrected chi connectivity index (χ0v) is 15.9. The molecule has 28 heavy (non-hydrogen) atoms. The highest BCUT2D eigenvalue weighted by Gasteiger charge is 2.17. The number of aryl methyl sites for hydroxylation is 1. The maximum atomic E-state index is 5.95. The van der Waals surface area contributed by atoms with E-state index in [1.165, 1.54) is 5.56 Å².